The lowest BCUT2D eigenvalue weighted by atomic mass is 10.3. The SMILES string of the molecule is COC(=O)CN(c1nnc2ccccc2n1)C(C)C. The Morgan fingerprint density at radius 1 is 1.26 bits per heavy atom. The summed E-state index contributed by atoms with van der Waals surface area (Å²) in [4.78, 5) is 17.6. The Bertz CT molecular complexity index is 586. The first-order valence-electron chi connectivity index (χ1n) is 6.04. The van der Waals surface area contributed by atoms with Gasteiger partial charge in [0.2, 0.25) is 5.95 Å². The minimum absolute atomic E-state index is 0.0714. The summed E-state index contributed by atoms with van der Waals surface area (Å²) in [6.07, 6.45) is 0. The molecular weight excluding hydrogens is 244 g/mol. The summed E-state index contributed by atoms with van der Waals surface area (Å²) in [6.45, 7) is 4.02. The summed E-state index contributed by atoms with van der Waals surface area (Å²) in [6, 6.07) is 7.55. The van der Waals surface area contributed by atoms with Crippen molar-refractivity contribution in [2.24, 2.45) is 0 Å². The molecule has 6 heteroatoms. The molecule has 0 amide bonds. The average Bonchev–Trinajstić information content (AvgIpc) is 2.43. The molecule has 0 unspecified atom stereocenters. The van der Waals surface area contributed by atoms with Gasteiger partial charge in [-0.3, -0.25) is 4.79 Å². The first-order chi connectivity index (χ1) is 9.11. The maximum absolute atomic E-state index is 11.4. The Hall–Kier alpha value is -2.24. The van der Waals surface area contributed by atoms with Crippen LogP contribution in [0.5, 0.6) is 0 Å². The summed E-state index contributed by atoms with van der Waals surface area (Å²) < 4.78 is 4.68. The number of ether oxygens (including phenoxy) is 1. The largest absolute Gasteiger partial charge is 0.468 e. The Balaban J connectivity index is 2.36. The van der Waals surface area contributed by atoms with Gasteiger partial charge in [0.1, 0.15) is 12.1 Å². The van der Waals surface area contributed by atoms with Crippen molar-refractivity contribution in [1.29, 1.82) is 0 Å². The molecule has 0 N–H and O–H groups in total. The normalized spacial score (nSPS) is 10.7. The van der Waals surface area contributed by atoms with Crippen molar-refractivity contribution in [2.45, 2.75) is 19.9 Å². The van der Waals surface area contributed by atoms with Gasteiger partial charge < -0.3 is 9.64 Å². The van der Waals surface area contributed by atoms with E-state index in [1.165, 1.54) is 7.11 Å². The molecule has 1 heterocycles. The van der Waals surface area contributed by atoms with Crippen LogP contribution in [0.1, 0.15) is 13.8 Å². The zero-order valence-electron chi connectivity index (χ0n) is 11.2. The molecule has 1 aromatic heterocycles. The number of hydrogen-bond acceptors (Lipinski definition) is 6. The standard InChI is InChI=1S/C13H16N4O2/c1-9(2)17(8-12(18)19-3)13-14-10-6-4-5-7-11(10)15-16-13/h4-7,9H,8H2,1-3H3. The Kier molecular flexibility index (Phi) is 3.89. The van der Waals surface area contributed by atoms with Gasteiger partial charge in [-0.2, -0.15) is 0 Å². The second-order valence-electron chi connectivity index (χ2n) is 4.40. The van der Waals surface area contributed by atoms with E-state index in [1.54, 1.807) is 4.90 Å². The number of hydrogen-bond donors (Lipinski definition) is 0. The molecule has 2 rings (SSSR count). The highest BCUT2D eigenvalue weighted by Gasteiger charge is 2.18. The predicted octanol–water partition coefficient (Wildman–Crippen LogP) is 1.41. The number of fused-ring (bicyclic) bond motifs is 1. The van der Waals surface area contributed by atoms with E-state index in [2.05, 4.69) is 19.9 Å². The Morgan fingerprint density at radius 2 is 1.95 bits per heavy atom. The van der Waals surface area contributed by atoms with E-state index >= 15 is 0 Å². The maximum Gasteiger partial charge on any atom is 0.325 e. The number of esters is 1. The van der Waals surface area contributed by atoms with Crippen LogP contribution in [0.4, 0.5) is 5.95 Å². The molecule has 100 valence electrons. The molecule has 6 nitrogen and oxygen atoms in total. The molecule has 19 heavy (non-hydrogen) atoms. The van der Waals surface area contributed by atoms with Crippen LogP contribution in [0.15, 0.2) is 24.3 Å². The molecule has 0 fully saturated rings. The van der Waals surface area contributed by atoms with Crippen LogP contribution in [0.25, 0.3) is 11.0 Å². The van der Waals surface area contributed by atoms with Crippen LogP contribution >= 0.6 is 0 Å². The van der Waals surface area contributed by atoms with Gasteiger partial charge >= 0.3 is 5.97 Å². The minimum Gasteiger partial charge on any atom is -0.468 e. The van der Waals surface area contributed by atoms with Gasteiger partial charge in [-0.1, -0.05) is 12.1 Å². The van der Waals surface area contributed by atoms with E-state index in [0.717, 1.165) is 11.0 Å². The van der Waals surface area contributed by atoms with E-state index in [4.69, 9.17) is 0 Å². The van der Waals surface area contributed by atoms with E-state index in [1.807, 2.05) is 38.1 Å². The molecule has 0 radical (unpaired) electrons. The van der Waals surface area contributed by atoms with Crippen molar-refractivity contribution in [3.63, 3.8) is 0 Å². The molecule has 0 saturated heterocycles. The van der Waals surface area contributed by atoms with E-state index in [9.17, 15) is 4.79 Å². The topological polar surface area (TPSA) is 68.2 Å². The van der Waals surface area contributed by atoms with Crippen LogP contribution in [0.2, 0.25) is 0 Å². The lowest BCUT2D eigenvalue weighted by Gasteiger charge is -2.24. The molecule has 0 bridgehead atoms. The fraction of sp³-hybridized carbons (Fsp3) is 0.385. The second kappa shape index (κ2) is 5.60. The van der Waals surface area contributed by atoms with Crippen molar-refractivity contribution >= 4 is 23.0 Å². The number of aromatic nitrogens is 3. The zero-order chi connectivity index (χ0) is 13.8. The molecule has 0 saturated carbocycles. The van der Waals surface area contributed by atoms with E-state index in [-0.39, 0.29) is 18.6 Å². The number of carbonyl (C=O) groups excluding carboxylic acids is 1. The highest BCUT2D eigenvalue weighted by Crippen LogP contribution is 2.14. The molecule has 0 atom stereocenters. The second-order valence-corrected chi connectivity index (χ2v) is 4.40. The molecule has 0 aliphatic rings. The average molecular weight is 260 g/mol. The maximum atomic E-state index is 11.4. The molecule has 1 aromatic carbocycles. The lowest BCUT2D eigenvalue weighted by molar-refractivity contribution is -0.139. The fourth-order valence-electron chi connectivity index (χ4n) is 1.68. The van der Waals surface area contributed by atoms with Gasteiger partial charge in [-0.15, -0.1) is 10.2 Å². The number of rotatable bonds is 4. The van der Waals surface area contributed by atoms with Gasteiger partial charge in [-0.25, -0.2) is 4.98 Å². The van der Waals surface area contributed by atoms with Crippen molar-refractivity contribution in [3.8, 4) is 0 Å². The third kappa shape index (κ3) is 2.96. The molecule has 0 aliphatic heterocycles. The van der Waals surface area contributed by atoms with Gasteiger partial charge in [0.25, 0.3) is 0 Å². The van der Waals surface area contributed by atoms with Gasteiger partial charge in [0.15, 0.2) is 0 Å². The van der Waals surface area contributed by atoms with Crippen LogP contribution in [-0.2, 0) is 9.53 Å². The number of carbonyl (C=O) groups is 1. The number of nitrogens with zero attached hydrogens (tertiary/aromatic N) is 4. The molecule has 0 aliphatic carbocycles. The Morgan fingerprint density at radius 3 is 2.58 bits per heavy atom. The third-order valence-corrected chi connectivity index (χ3v) is 2.76. The highest BCUT2D eigenvalue weighted by molar-refractivity contribution is 5.77. The number of para-hydroxylation sites is 1. The zero-order valence-corrected chi connectivity index (χ0v) is 11.2. The van der Waals surface area contributed by atoms with Crippen LogP contribution in [0, 0.1) is 0 Å². The first kappa shape index (κ1) is 13.2. The summed E-state index contributed by atoms with van der Waals surface area (Å²) in [7, 11) is 1.36. The van der Waals surface area contributed by atoms with Crippen molar-refractivity contribution in [1.82, 2.24) is 15.2 Å². The Labute approximate surface area is 111 Å². The predicted molar refractivity (Wildman–Crippen MR) is 71.8 cm³/mol. The van der Waals surface area contributed by atoms with Crippen molar-refractivity contribution in [3.05, 3.63) is 24.3 Å². The fourth-order valence-corrected chi connectivity index (χ4v) is 1.68. The number of benzene rings is 1. The van der Waals surface area contributed by atoms with Crippen molar-refractivity contribution < 1.29 is 9.53 Å². The summed E-state index contributed by atoms with van der Waals surface area (Å²) in [5, 5.41) is 8.18. The van der Waals surface area contributed by atoms with Gasteiger partial charge in [0.05, 0.1) is 12.6 Å². The third-order valence-electron chi connectivity index (χ3n) is 2.76. The summed E-state index contributed by atoms with van der Waals surface area (Å²) in [5.74, 6) is 0.101. The minimum atomic E-state index is -0.328. The first-order valence-corrected chi connectivity index (χ1v) is 6.04. The van der Waals surface area contributed by atoms with Crippen LogP contribution < -0.4 is 4.90 Å². The van der Waals surface area contributed by atoms with E-state index < -0.39 is 0 Å². The summed E-state index contributed by atoms with van der Waals surface area (Å²) >= 11 is 0. The summed E-state index contributed by atoms with van der Waals surface area (Å²) in [5.41, 5.74) is 1.48. The lowest BCUT2D eigenvalue weighted by Crippen LogP contribution is -2.37. The van der Waals surface area contributed by atoms with Crippen LogP contribution in [0.3, 0.4) is 0 Å². The molecular formula is C13H16N4O2. The molecule has 0 spiro atoms. The smallest absolute Gasteiger partial charge is 0.325 e. The quantitative estimate of drug-likeness (QED) is 0.774. The van der Waals surface area contributed by atoms with Crippen molar-refractivity contribution in [2.75, 3.05) is 18.6 Å². The van der Waals surface area contributed by atoms with E-state index in [0.29, 0.717) is 5.95 Å². The monoisotopic (exact) mass is 260 g/mol. The van der Waals surface area contributed by atoms with Gasteiger partial charge in [0, 0.05) is 6.04 Å². The number of methoxy groups -OCH3 is 1. The van der Waals surface area contributed by atoms with Gasteiger partial charge in [-0.05, 0) is 26.0 Å². The van der Waals surface area contributed by atoms with Crippen LogP contribution in [-0.4, -0.2) is 40.8 Å². The molecule has 2 aromatic rings. The number of anilines is 1. The highest BCUT2D eigenvalue weighted by atomic mass is 16.5.